The highest BCUT2D eigenvalue weighted by molar-refractivity contribution is 5.88. The predicted octanol–water partition coefficient (Wildman–Crippen LogP) is 4.13. The summed E-state index contributed by atoms with van der Waals surface area (Å²) in [6.07, 6.45) is 5.65. The van der Waals surface area contributed by atoms with Crippen LogP contribution >= 0.6 is 0 Å². The maximum atomic E-state index is 11.6. The van der Waals surface area contributed by atoms with Crippen molar-refractivity contribution in [3.63, 3.8) is 0 Å². The van der Waals surface area contributed by atoms with E-state index in [1.54, 1.807) is 24.3 Å². The molecule has 3 heteroatoms. The van der Waals surface area contributed by atoms with E-state index in [4.69, 9.17) is 9.78 Å². The maximum absolute atomic E-state index is 11.6. The van der Waals surface area contributed by atoms with E-state index in [9.17, 15) is 4.79 Å². The highest BCUT2D eigenvalue weighted by Gasteiger charge is 2.10. The van der Waals surface area contributed by atoms with Gasteiger partial charge in [0.1, 0.15) is 6.10 Å². The Morgan fingerprint density at radius 1 is 1.17 bits per heavy atom. The quantitative estimate of drug-likeness (QED) is 0.395. The molecule has 0 fully saturated rings. The van der Waals surface area contributed by atoms with Crippen LogP contribution in [0, 0.1) is 0 Å². The number of rotatable bonds is 8. The molecule has 0 aliphatic carbocycles. The van der Waals surface area contributed by atoms with Gasteiger partial charge in [-0.3, -0.25) is 4.89 Å². The Bertz CT molecular complexity index is 335. The molecule has 0 bridgehead atoms. The number of hydrogen-bond acceptors (Lipinski definition) is 3. The monoisotopic (exact) mass is 250 g/mol. The zero-order valence-electron chi connectivity index (χ0n) is 11.2. The molecule has 0 N–H and O–H groups in total. The van der Waals surface area contributed by atoms with E-state index in [0.717, 1.165) is 12.8 Å². The summed E-state index contributed by atoms with van der Waals surface area (Å²) in [4.78, 5) is 21.5. The highest BCUT2D eigenvalue weighted by Crippen LogP contribution is 2.09. The predicted molar refractivity (Wildman–Crippen MR) is 71.2 cm³/mol. The molecule has 0 heterocycles. The second-order valence-electron chi connectivity index (χ2n) is 4.49. The minimum Gasteiger partial charge on any atom is -0.293 e. The van der Waals surface area contributed by atoms with Gasteiger partial charge in [0.25, 0.3) is 0 Å². The lowest BCUT2D eigenvalue weighted by molar-refractivity contribution is -0.271. The number of carbonyl (C=O) groups is 1. The lowest BCUT2D eigenvalue weighted by atomic mass is 10.1. The molecule has 0 radical (unpaired) electrons. The summed E-state index contributed by atoms with van der Waals surface area (Å²) < 4.78 is 0. The van der Waals surface area contributed by atoms with Crippen molar-refractivity contribution in [1.82, 2.24) is 0 Å². The van der Waals surface area contributed by atoms with Gasteiger partial charge in [0.05, 0.1) is 5.56 Å². The van der Waals surface area contributed by atoms with E-state index in [2.05, 4.69) is 6.92 Å². The van der Waals surface area contributed by atoms with Crippen molar-refractivity contribution in [2.45, 2.75) is 52.1 Å². The minimum absolute atomic E-state index is 0.0467. The van der Waals surface area contributed by atoms with Gasteiger partial charge in [0.15, 0.2) is 0 Å². The smallest absolute Gasteiger partial charge is 0.293 e. The summed E-state index contributed by atoms with van der Waals surface area (Å²) in [5, 5.41) is 0. The van der Waals surface area contributed by atoms with Gasteiger partial charge in [-0.2, -0.15) is 4.89 Å². The first-order chi connectivity index (χ1) is 8.74. The van der Waals surface area contributed by atoms with Crippen LogP contribution in [0.15, 0.2) is 30.3 Å². The lowest BCUT2D eigenvalue weighted by Gasteiger charge is -2.10. The zero-order valence-corrected chi connectivity index (χ0v) is 11.2. The first-order valence-electron chi connectivity index (χ1n) is 6.66. The molecule has 0 spiro atoms. The summed E-state index contributed by atoms with van der Waals surface area (Å²) in [7, 11) is 0. The van der Waals surface area contributed by atoms with Crippen molar-refractivity contribution in [3.05, 3.63) is 35.9 Å². The molecule has 0 amide bonds. The van der Waals surface area contributed by atoms with Crippen LogP contribution in [0.2, 0.25) is 0 Å². The molecule has 0 aliphatic rings. The van der Waals surface area contributed by atoms with Gasteiger partial charge in [0, 0.05) is 0 Å². The van der Waals surface area contributed by atoms with Gasteiger partial charge in [-0.05, 0) is 25.5 Å². The zero-order chi connectivity index (χ0) is 13.2. The summed E-state index contributed by atoms with van der Waals surface area (Å²) in [6, 6.07) is 8.86. The minimum atomic E-state index is -0.434. The average Bonchev–Trinajstić information content (AvgIpc) is 2.42. The first kappa shape index (κ1) is 14.7. The van der Waals surface area contributed by atoms with Crippen LogP contribution in [-0.4, -0.2) is 12.1 Å². The molecule has 18 heavy (non-hydrogen) atoms. The molecular formula is C15H22O3. The summed E-state index contributed by atoms with van der Waals surface area (Å²) >= 11 is 0. The van der Waals surface area contributed by atoms with Gasteiger partial charge in [-0.15, -0.1) is 0 Å². The second-order valence-corrected chi connectivity index (χ2v) is 4.49. The molecule has 0 saturated heterocycles. The molecule has 0 aliphatic heterocycles. The van der Waals surface area contributed by atoms with Crippen LogP contribution in [-0.2, 0) is 9.78 Å². The van der Waals surface area contributed by atoms with Crippen molar-refractivity contribution in [2.75, 3.05) is 0 Å². The Kier molecular flexibility index (Phi) is 7.11. The van der Waals surface area contributed by atoms with Crippen LogP contribution < -0.4 is 0 Å². The van der Waals surface area contributed by atoms with Crippen molar-refractivity contribution >= 4 is 5.97 Å². The molecule has 100 valence electrons. The van der Waals surface area contributed by atoms with Gasteiger partial charge >= 0.3 is 5.97 Å². The van der Waals surface area contributed by atoms with Crippen molar-refractivity contribution in [1.29, 1.82) is 0 Å². The molecule has 1 aromatic carbocycles. The Labute approximate surface area is 109 Å². The van der Waals surface area contributed by atoms with Crippen LogP contribution in [0.1, 0.15) is 56.3 Å². The number of benzene rings is 1. The second kappa shape index (κ2) is 8.70. The van der Waals surface area contributed by atoms with Gasteiger partial charge in [-0.25, -0.2) is 4.79 Å². The third-order valence-electron chi connectivity index (χ3n) is 2.76. The highest BCUT2D eigenvalue weighted by atomic mass is 17.2. The van der Waals surface area contributed by atoms with Gasteiger partial charge in [-0.1, -0.05) is 50.8 Å². The van der Waals surface area contributed by atoms with Crippen molar-refractivity contribution < 1.29 is 14.6 Å². The molecule has 0 saturated carbocycles. The van der Waals surface area contributed by atoms with Crippen LogP contribution in [0.4, 0.5) is 0 Å². The normalized spacial score (nSPS) is 12.1. The number of unbranched alkanes of at least 4 members (excludes halogenated alkanes) is 3. The van der Waals surface area contributed by atoms with E-state index in [1.165, 1.54) is 19.3 Å². The molecule has 1 unspecified atom stereocenters. The molecule has 1 aromatic rings. The van der Waals surface area contributed by atoms with E-state index < -0.39 is 5.97 Å². The molecule has 1 rings (SSSR count). The molecule has 0 aromatic heterocycles. The van der Waals surface area contributed by atoms with Crippen LogP contribution in [0.25, 0.3) is 0 Å². The number of hydrogen-bond donors (Lipinski definition) is 0. The van der Waals surface area contributed by atoms with Crippen LogP contribution in [0.5, 0.6) is 0 Å². The Hall–Kier alpha value is -1.35. The fourth-order valence-corrected chi connectivity index (χ4v) is 1.65. The third kappa shape index (κ3) is 5.82. The molecule has 1 atom stereocenters. The Morgan fingerprint density at radius 2 is 1.89 bits per heavy atom. The number of carbonyl (C=O) groups excluding carboxylic acids is 1. The Morgan fingerprint density at radius 3 is 2.56 bits per heavy atom. The lowest BCUT2D eigenvalue weighted by Crippen LogP contribution is -2.13. The fourth-order valence-electron chi connectivity index (χ4n) is 1.65. The third-order valence-corrected chi connectivity index (χ3v) is 2.76. The molecular weight excluding hydrogens is 228 g/mol. The van der Waals surface area contributed by atoms with Gasteiger partial charge < -0.3 is 0 Å². The molecule has 3 nitrogen and oxygen atoms in total. The summed E-state index contributed by atoms with van der Waals surface area (Å²) in [6.45, 7) is 4.10. The fraction of sp³-hybridized carbons (Fsp3) is 0.533. The summed E-state index contributed by atoms with van der Waals surface area (Å²) in [5.74, 6) is -0.434. The maximum Gasteiger partial charge on any atom is 0.373 e. The SMILES string of the molecule is CCCCCCC(C)OOC(=O)c1ccccc1. The largest absolute Gasteiger partial charge is 0.373 e. The van der Waals surface area contributed by atoms with Gasteiger partial charge in [0.2, 0.25) is 0 Å². The average molecular weight is 250 g/mol. The standard InChI is InChI=1S/C15H22O3/c1-3-4-5-7-10-13(2)17-18-15(16)14-11-8-6-9-12-14/h6,8-9,11-13H,3-5,7,10H2,1-2H3. The summed E-state index contributed by atoms with van der Waals surface area (Å²) in [5.41, 5.74) is 0.510. The van der Waals surface area contributed by atoms with Crippen molar-refractivity contribution in [2.24, 2.45) is 0 Å². The van der Waals surface area contributed by atoms with E-state index in [1.807, 2.05) is 13.0 Å². The van der Waals surface area contributed by atoms with E-state index >= 15 is 0 Å². The first-order valence-corrected chi connectivity index (χ1v) is 6.66. The topological polar surface area (TPSA) is 35.5 Å². The van der Waals surface area contributed by atoms with E-state index in [0.29, 0.717) is 5.56 Å². The van der Waals surface area contributed by atoms with Crippen molar-refractivity contribution in [3.8, 4) is 0 Å². The van der Waals surface area contributed by atoms with E-state index in [-0.39, 0.29) is 6.10 Å². The Balaban J connectivity index is 2.18. The van der Waals surface area contributed by atoms with Crippen LogP contribution in [0.3, 0.4) is 0 Å².